The van der Waals surface area contributed by atoms with Crippen molar-refractivity contribution in [2.45, 2.75) is 19.3 Å². The Morgan fingerprint density at radius 2 is 1.00 bits per heavy atom. The summed E-state index contributed by atoms with van der Waals surface area (Å²) in [4.78, 5) is 10.4. The van der Waals surface area contributed by atoms with E-state index in [0.717, 1.165) is 61.1 Å². The fraction of sp³-hybridized carbons (Fsp3) is 0.0612. The van der Waals surface area contributed by atoms with Crippen molar-refractivity contribution in [1.29, 1.82) is 0 Å². The molecular weight excluding hydrogens is 633 g/mol. The Balaban J connectivity index is 1.15. The minimum Gasteiger partial charge on any atom is -0.455 e. The summed E-state index contributed by atoms with van der Waals surface area (Å²) in [5.41, 5.74) is 16.2. The molecule has 9 aromatic rings. The van der Waals surface area contributed by atoms with Crippen LogP contribution in [-0.4, -0.2) is 9.97 Å². The highest BCUT2D eigenvalue weighted by Crippen LogP contribution is 2.50. The molecule has 7 aromatic carbocycles. The molecule has 0 atom stereocenters. The van der Waals surface area contributed by atoms with E-state index in [1.54, 1.807) is 0 Å². The van der Waals surface area contributed by atoms with Gasteiger partial charge in [0.1, 0.15) is 11.2 Å². The van der Waals surface area contributed by atoms with E-state index in [1.807, 2.05) is 48.5 Å². The third kappa shape index (κ3) is 4.81. The summed E-state index contributed by atoms with van der Waals surface area (Å²) in [6.45, 7) is 4.66. The molecule has 10 rings (SSSR count). The van der Waals surface area contributed by atoms with Crippen LogP contribution >= 0.6 is 0 Å². The number of nitrogens with zero attached hydrogens (tertiary/aromatic N) is 2. The van der Waals surface area contributed by atoms with Gasteiger partial charge in [0, 0.05) is 38.4 Å². The van der Waals surface area contributed by atoms with Crippen molar-refractivity contribution in [1.82, 2.24) is 9.97 Å². The number of hydrogen-bond acceptors (Lipinski definition) is 3. The van der Waals surface area contributed by atoms with Gasteiger partial charge >= 0.3 is 0 Å². The van der Waals surface area contributed by atoms with Crippen LogP contribution in [0.2, 0.25) is 0 Å². The normalized spacial score (nSPS) is 13.0. The lowest BCUT2D eigenvalue weighted by Crippen LogP contribution is -2.14. The minimum atomic E-state index is -0.0550. The van der Waals surface area contributed by atoms with Crippen molar-refractivity contribution < 1.29 is 4.42 Å². The van der Waals surface area contributed by atoms with Gasteiger partial charge in [-0.15, -0.1) is 0 Å². The molecule has 0 fully saturated rings. The maximum Gasteiger partial charge on any atom is 0.161 e. The Bertz CT molecular complexity index is 2740. The molecule has 3 heteroatoms. The number of rotatable bonds is 5. The van der Waals surface area contributed by atoms with Gasteiger partial charge in [-0.3, -0.25) is 0 Å². The van der Waals surface area contributed by atoms with E-state index in [-0.39, 0.29) is 5.41 Å². The maximum atomic E-state index is 6.69. The molecule has 0 aliphatic heterocycles. The summed E-state index contributed by atoms with van der Waals surface area (Å²) in [7, 11) is 0. The zero-order valence-corrected chi connectivity index (χ0v) is 29.0. The highest BCUT2D eigenvalue weighted by atomic mass is 16.3. The third-order valence-corrected chi connectivity index (χ3v) is 10.7. The molecular formula is C49H34N2O. The summed E-state index contributed by atoms with van der Waals surface area (Å²) in [5, 5.41) is 2.16. The summed E-state index contributed by atoms with van der Waals surface area (Å²) in [6, 6.07) is 59.9. The Labute approximate surface area is 302 Å². The van der Waals surface area contributed by atoms with Gasteiger partial charge in [-0.05, 0) is 69.3 Å². The lowest BCUT2D eigenvalue weighted by Gasteiger charge is -2.22. The molecule has 0 saturated carbocycles. The molecule has 246 valence electrons. The average Bonchev–Trinajstić information content (AvgIpc) is 3.70. The van der Waals surface area contributed by atoms with Gasteiger partial charge in [-0.1, -0.05) is 153 Å². The van der Waals surface area contributed by atoms with E-state index in [0.29, 0.717) is 5.82 Å². The van der Waals surface area contributed by atoms with E-state index in [1.165, 1.54) is 33.4 Å². The van der Waals surface area contributed by atoms with E-state index in [4.69, 9.17) is 14.4 Å². The van der Waals surface area contributed by atoms with Crippen LogP contribution in [-0.2, 0) is 5.41 Å². The summed E-state index contributed by atoms with van der Waals surface area (Å²) in [6.07, 6.45) is 0. The zero-order chi connectivity index (χ0) is 34.8. The predicted molar refractivity (Wildman–Crippen MR) is 214 cm³/mol. The molecule has 2 aromatic heterocycles. The second kappa shape index (κ2) is 11.8. The fourth-order valence-corrected chi connectivity index (χ4v) is 8.06. The number of hydrogen-bond donors (Lipinski definition) is 0. The SMILES string of the molecule is CC1(C)c2ccccc2-c2ccc(-c3ccc(-c4c(-c5nc(-c6ccccc6)cc(-c6ccccc6)n5)ccc5c4oc4ccccc45)cc3)cc21. The fourth-order valence-electron chi connectivity index (χ4n) is 8.06. The molecule has 2 heterocycles. The van der Waals surface area contributed by atoms with Crippen molar-refractivity contribution >= 4 is 21.9 Å². The number of fused-ring (bicyclic) bond motifs is 6. The van der Waals surface area contributed by atoms with Crippen LogP contribution in [0.3, 0.4) is 0 Å². The van der Waals surface area contributed by atoms with Crippen molar-refractivity contribution in [2.24, 2.45) is 0 Å². The van der Waals surface area contributed by atoms with Gasteiger partial charge < -0.3 is 4.42 Å². The summed E-state index contributed by atoms with van der Waals surface area (Å²) < 4.78 is 6.69. The molecule has 3 nitrogen and oxygen atoms in total. The van der Waals surface area contributed by atoms with E-state index in [9.17, 15) is 0 Å². The van der Waals surface area contributed by atoms with Crippen LogP contribution in [0.15, 0.2) is 174 Å². The smallest absolute Gasteiger partial charge is 0.161 e. The highest BCUT2D eigenvalue weighted by Gasteiger charge is 2.35. The van der Waals surface area contributed by atoms with Crippen LogP contribution in [0, 0.1) is 0 Å². The van der Waals surface area contributed by atoms with Crippen LogP contribution in [0.25, 0.3) is 89.2 Å². The highest BCUT2D eigenvalue weighted by molar-refractivity contribution is 6.12. The van der Waals surface area contributed by atoms with Crippen molar-refractivity contribution in [3.63, 3.8) is 0 Å². The quantitative estimate of drug-likeness (QED) is 0.183. The van der Waals surface area contributed by atoms with Gasteiger partial charge in [0.05, 0.1) is 11.4 Å². The van der Waals surface area contributed by atoms with Gasteiger partial charge in [0.15, 0.2) is 5.82 Å². The first-order valence-electron chi connectivity index (χ1n) is 17.8. The molecule has 0 spiro atoms. The first kappa shape index (κ1) is 30.3. The first-order chi connectivity index (χ1) is 25.5. The molecule has 52 heavy (non-hydrogen) atoms. The van der Waals surface area contributed by atoms with Crippen LogP contribution in [0.5, 0.6) is 0 Å². The topological polar surface area (TPSA) is 38.9 Å². The molecule has 0 amide bonds. The Hall–Kier alpha value is -6.58. The lowest BCUT2D eigenvalue weighted by atomic mass is 9.81. The monoisotopic (exact) mass is 666 g/mol. The van der Waals surface area contributed by atoms with Crippen molar-refractivity contribution in [2.75, 3.05) is 0 Å². The largest absolute Gasteiger partial charge is 0.455 e. The number of para-hydroxylation sites is 1. The maximum absolute atomic E-state index is 6.69. The molecule has 0 radical (unpaired) electrons. The van der Waals surface area contributed by atoms with Crippen LogP contribution in [0.1, 0.15) is 25.0 Å². The number of aromatic nitrogens is 2. The second-order valence-corrected chi connectivity index (χ2v) is 14.2. The molecule has 1 aliphatic carbocycles. The molecule has 1 aliphatic rings. The standard InChI is InChI=1S/C49H34N2O/c1-49(2)41-19-11-9-17-36(41)37-26-25-35(29-42(37)49)31-21-23-34(24-22-31)46-40(28-27-39-38-18-10-12-20-45(38)52-47(39)46)48-50-43(32-13-5-3-6-14-32)30-44(51-48)33-15-7-4-8-16-33/h3-30H,1-2H3. The van der Waals surface area contributed by atoms with Crippen molar-refractivity contribution in [3.8, 4) is 67.3 Å². The van der Waals surface area contributed by atoms with Crippen LogP contribution < -0.4 is 0 Å². The predicted octanol–water partition coefficient (Wildman–Crippen LogP) is 13.0. The Kier molecular flexibility index (Phi) is 6.84. The van der Waals surface area contributed by atoms with Crippen molar-refractivity contribution in [3.05, 3.63) is 181 Å². The molecule has 0 saturated heterocycles. The Morgan fingerprint density at radius 1 is 0.423 bits per heavy atom. The third-order valence-electron chi connectivity index (χ3n) is 10.7. The van der Waals surface area contributed by atoms with E-state index in [2.05, 4.69) is 135 Å². The Morgan fingerprint density at radius 3 is 1.73 bits per heavy atom. The first-order valence-corrected chi connectivity index (χ1v) is 17.8. The van der Waals surface area contributed by atoms with E-state index < -0.39 is 0 Å². The average molecular weight is 667 g/mol. The van der Waals surface area contributed by atoms with Gasteiger partial charge in [0.25, 0.3) is 0 Å². The summed E-state index contributed by atoms with van der Waals surface area (Å²) >= 11 is 0. The zero-order valence-electron chi connectivity index (χ0n) is 29.0. The van der Waals surface area contributed by atoms with E-state index >= 15 is 0 Å². The van der Waals surface area contributed by atoms with Gasteiger partial charge in [-0.25, -0.2) is 9.97 Å². The van der Waals surface area contributed by atoms with Gasteiger partial charge in [-0.2, -0.15) is 0 Å². The number of furan rings is 1. The van der Waals surface area contributed by atoms with Crippen LogP contribution in [0.4, 0.5) is 0 Å². The minimum absolute atomic E-state index is 0.0550. The second-order valence-electron chi connectivity index (χ2n) is 14.2. The lowest BCUT2D eigenvalue weighted by molar-refractivity contribution is 0.660. The van der Waals surface area contributed by atoms with Gasteiger partial charge in [0.2, 0.25) is 0 Å². The molecule has 0 unspecified atom stereocenters. The molecule has 0 bridgehead atoms. The summed E-state index contributed by atoms with van der Waals surface area (Å²) in [5.74, 6) is 0.655. The number of benzene rings is 7. The molecule has 0 N–H and O–H groups in total.